The molecule has 1 heterocycles. The summed E-state index contributed by atoms with van der Waals surface area (Å²) in [4.78, 5) is 1.93. The van der Waals surface area contributed by atoms with E-state index in [1.807, 2.05) is 4.90 Å². The van der Waals surface area contributed by atoms with Gasteiger partial charge in [0.05, 0.1) is 0 Å². The summed E-state index contributed by atoms with van der Waals surface area (Å²) in [5.41, 5.74) is 2.79. The van der Waals surface area contributed by atoms with Gasteiger partial charge in [-0.1, -0.05) is 48.7 Å². The minimum absolute atomic E-state index is 0.478. The zero-order chi connectivity index (χ0) is 10.1. The van der Waals surface area contributed by atoms with E-state index in [1.54, 1.807) is 0 Å². The van der Waals surface area contributed by atoms with Gasteiger partial charge in [-0.2, -0.15) is 5.10 Å². The van der Waals surface area contributed by atoms with Crippen LogP contribution in [0.4, 0.5) is 0 Å². The standard InChI is InChI=1S/C7H12Cl3N3/c1-5(2)3-13-4-11-12-6(13)7(8,9)10/h5,11H,3-4H2,1-2H3. The Morgan fingerprint density at radius 2 is 2.15 bits per heavy atom. The third-order valence-corrected chi connectivity index (χ3v) is 2.09. The lowest BCUT2D eigenvalue weighted by molar-refractivity contribution is 0.369. The number of hydrazone groups is 1. The first-order chi connectivity index (χ1) is 5.91. The number of halogens is 3. The average Bonchev–Trinajstić information content (AvgIpc) is 2.31. The lowest BCUT2D eigenvalue weighted by Crippen LogP contribution is -2.39. The summed E-state index contributed by atoms with van der Waals surface area (Å²) in [5.74, 6) is 0.989. The fourth-order valence-electron chi connectivity index (χ4n) is 1.18. The van der Waals surface area contributed by atoms with E-state index in [2.05, 4.69) is 24.4 Å². The van der Waals surface area contributed by atoms with Crippen LogP contribution in [0, 0.1) is 5.92 Å². The number of rotatable bonds is 2. The first-order valence-corrected chi connectivity index (χ1v) is 5.17. The number of alkyl halides is 3. The summed E-state index contributed by atoms with van der Waals surface area (Å²) in [6.07, 6.45) is 0. The van der Waals surface area contributed by atoms with Gasteiger partial charge in [-0.3, -0.25) is 5.43 Å². The Morgan fingerprint density at radius 3 is 2.62 bits per heavy atom. The van der Waals surface area contributed by atoms with Crippen molar-refractivity contribution in [3.05, 3.63) is 0 Å². The number of hydrogen-bond acceptors (Lipinski definition) is 3. The Balaban J connectivity index is 2.63. The molecular formula is C7H12Cl3N3. The van der Waals surface area contributed by atoms with Crippen LogP contribution in [0.15, 0.2) is 5.10 Å². The highest BCUT2D eigenvalue weighted by Crippen LogP contribution is 2.30. The fourth-order valence-corrected chi connectivity index (χ4v) is 1.66. The molecule has 0 aliphatic carbocycles. The number of amidine groups is 1. The maximum absolute atomic E-state index is 5.74. The van der Waals surface area contributed by atoms with E-state index < -0.39 is 3.79 Å². The smallest absolute Gasteiger partial charge is 0.249 e. The van der Waals surface area contributed by atoms with Crippen molar-refractivity contribution in [3.63, 3.8) is 0 Å². The summed E-state index contributed by atoms with van der Waals surface area (Å²) >= 11 is 17.2. The van der Waals surface area contributed by atoms with E-state index in [0.717, 1.165) is 6.54 Å². The van der Waals surface area contributed by atoms with Gasteiger partial charge in [0.15, 0.2) is 5.84 Å². The Morgan fingerprint density at radius 1 is 1.54 bits per heavy atom. The van der Waals surface area contributed by atoms with E-state index in [1.165, 1.54) is 0 Å². The van der Waals surface area contributed by atoms with Crippen molar-refractivity contribution in [2.75, 3.05) is 13.2 Å². The van der Waals surface area contributed by atoms with Crippen LogP contribution in [0.25, 0.3) is 0 Å². The van der Waals surface area contributed by atoms with Crippen LogP contribution in [0.2, 0.25) is 0 Å². The molecule has 3 nitrogen and oxygen atoms in total. The molecule has 6 heteroatoms. The Kier molecular flexibility index (Phi) is 3.55. The van der Waals surface area contributed by atoms with Gasteiger partial charge < -0.3 is 4.90 Å². The lowest BCUT2D eigenvalue weighted by Gasteiger charge is -2.24. The molecule has 0 aromatic rings. The first kappa shape index (κ1) is 11.2. The molecule has 0 radical (unpaired) electrons. The van der Waals surface area contributed by atoms with Crippen LogP contribution in [-0.2, 0) is 0 Å². The Labute approximate surface area is 93.0 Å². The molecule has 1 rings (SSSR count). The van der Waals surface area contributed by atoms with Crippen molar-refractivity contribution in [1.82, 2.24) is 10.3 Å². The topological polar surface area (TPSA) is 27.6 Å². The number of nitrogens with zero attached hydrogens (tertiary/aromatic N) is 2. The maximum Gasteiger partial charge on any atom is 0.249 e. The fraction of sp³-hybridized carbons (Fsp3) is 0.857. The third kappa shape index (κ3) is 3.08. The highest BCUT2D eigenvalue weighted by Gasteiger charge is 2.35. The SMILES string of the molecule is CC(C)CN1CNN=C1C(Cl)(Cl)Cl. The van der Waals surface area contributed by atoms with Gasteiger partial charge in [-0.05, 0) is 5.92 Å². The number of nitrogens with one attached hydrogen (secondary N) is 1. The molecule has 1 N–H and O–H groups in total. The summed E-state index contributed by atoms with van der Waals surface area (Å²) in [5, 5.41) is 3.94. The first-order valence-electron chi connectivity index (χ1n) is 4.04. The van der Waals surface area contributed by atoms with Crippen molar-refractivity contribution in [1.29, 1.82) is 0 Å². The van der Waals surface area contributed by atoms with Crippen LogP contribution >= 0.6 is 34.8 Å². The molecule has 0 fully saturated rings. The van der Waals surface area contributed by atoms with Gasteiger partial charge in [0.1, 0.15) is 6.67 Å². The monoisotopic (exact) mass is 243 g/mol. The zero-order valence-corrected chi connectivity index (χ0v) is 9.79. The largest absolute Gasteiger partial charge is 0.336 e. The van der Waals surface area contributed by atoms with Crippen LogP contribution in [0.5, 0.6) is 0 Å². The molecule has 0 saturated heterocycles. The van der Waals surface area contributed by atoms with Crippen molar-refractivity contribution in [2.45, 2.75) is 17.6 Å². The molecule has 0 saturated carbocycles. The van der Waals surface area contributed by atoms with Crippen molar-refractivity contribution >= 4 is 40.6 Å². The third-order valence-electron chi connectivity index (χ3n) is 1.59. The van der Waals surface area contributed by atoms with Crippen LogP contribution in [-0.4, -0.2) is 27.7 Å². The van der Waals surface area contributed by atoms with E-state index >= 15 is 0 Å². The Hall–Kier alpha value is 0.140. The minimum atomic E-state index is -1.43. The van der Waals surface area contributed by atoms with E-state index in [0.29, 0.717) is 18.4 Å². The molecule has 0 atom stereocenters. The zero-order valence-electron chi connectivity index (χ0n) is 7.52. The minimum Gasteiger partial charge on any atom is -0.336 e. The second kappa shape index (κ2) is 4.11. The quantitative estimate of drug-likeness (QED) is 0.754. The number of hydrogen-bond donors (Lipinski definition) is 1. The summed E-state index contributed by atoms with van der Waals surface area (Å²) in [7, 11) is 0. The molecule has 0 spiro atoms. The van der Waals surface area contributed by atoms with Crippen LogP contribution in [0.3, 0.4) is 0 Å². The normalized spacial score (nSPS) is 17.7. The molecule has 0 amide bonds. The van der Waals surface area contributed by atoms with Gasteiger partial charge in [0, 0.05) is 6.54 Å². The second-order valence-electron chi connectivity index (χ2n) is 3.37. The lowest BCUT2D eigenvalue weighted by atomic mass is 10.2. The molecule has 0 unspecified atom stereocenters. The molecule has 0 bridgehead atoms. The Bertz CT molecular complexity index is 210. The van der Waals surface area contributed by atoms with Gasteiger partial charge in [-0.15, -0.1) is 0 Å². The van der Waals surface area contributed by atoms with E-state index in [9.17, 15) is 0 Å². The van der Waals surface area contributed by atoms with Crippen molar-refractivity contribution < 1.29 is 0 Å². The molecule has 0 aromatic heterocycles. The molecule has 13 heavy (non-hydrogen) atoms. The predicted molar refractivity (Wildman–Crippen MR) is 57.3 cm³/mol. The highest BCUT2D eigenvalue weighted by molar-refractivity contribution is 6.76. The molecular weight excluding hydrogens is 232 g/mol. The van der Waals surface area contributed by atoms with Crippen molar-refractivity contribution in [3.8, 4) is 0 Å². The maximum atomic E-state index is 5.74. The second-order valence-corrected chi connectivity index (χ2v) is 5.65. The summed E-state index contributed by atoms with van der Waals surface area (Å²) in [6, 6.07) is 0. The summed E-state index contributed by atoms with van der Waals surface area (Å²) < 4.78 is -1.43. The molecule has 1 aliphatic rings. The van der Waals surface area contributed by atoms with Gasteiger partial charge in [-0.25, -0.2) is 0 Å². The predicted octanol–water partition coefficient (Wildman–Crippen LogP) is 2.19. The average molecular weight is 245 g/mol. The van der Waals surface area contributed by atoms with Crippen LogP contribution in [0.1, 0.15) is 13.8 Å². The van der Waals surface area contributed by atoms with E-state index in [-0.39, 0.29) is 0 Å². The van der Waals surface area contributed by atoms with Crippen molar-refractivity contribution in [2.24, 2.45) is 11.0 Å². The van der Waals surface area contributed by atoms with Crippen LogP contribution < -0.4 is 5.43 Å². The van der Waals surface area contributed by atoms with Gasteiger partial charge in [0.25, 0.3) is 0 Å². The van der Waals surface area contributed by atoms with Gasteiger partial charge >= 0.3 is 0 Å². The molecule has 0 aromatic carbocycles. The highest BCUT2D eigenvalue weighted by atomic mass is 35.6. The van der Waals surface area contributed by atoms with Gasteiger partial charge in [0.2, 0.25) is 3.79 Å². The molecule has 76 valence electrons. The molecule has 1 aliphatic heterocycles. The summed E-state index contributed by atoms with van der Waals surface area (Å²) in [6.45, 7) is 5.66. The van der Waals surface area contributed by atoms with E-state index in [4.69, 9.17) is 34.8 Å².